The molecular weight excluding hydrogens is 286 g/mol. The highest BCUT2D eigenvalue weighted by atomic mass is 35.5. The molecule has 1 N–H and O–H groups in total. The van der Waals surface area contributed by atoms with Crippen LogP contribution in [0.15, 0.2) is 59.2 Å². The average Bonchev–Trinajstić information content (AvgIpc) is 2.88. The van der Waals surface area contributed by atoms with E-state index < -0.39 is 0 Å². The number of amides is 1. The Labute approximate surface area is 127 Å². The Kier molecular flexibility index (Phi) is 3.93. The number of carbonyl (C=O) groups is 1. The summed E-state index contributed by atoms with van der Waals surface area (Å²) in [6.45, 7) is 0.524. The average molecular weight is 300 g/mol. The van der Waals surface area contributed by atoms with Crippen molar-refractivity contribution < 1.29 is 9.21 Å². The maximum atomic E-state index is 12.0. The fourth-order valence-electron chi connectivity index (χ4n) is 2.22. The molecule has 1 aromatic heterocycles. The van der Waals surface area contributed by atoms with Crippen LogP contribution in [0.3, 0.4) is 0 Å². The van der Waals surface area contributed by atoms with Gasteiger partial charge in [-0.1, -0.05) is 41.9 Å². The number of hydrogen-bond acceptors (Lipinski definition) is 2. The zero-order valence-corrected chi connectivity index (χ0v) is 12.1. The highest BCUT2D eigenvalue weighted by molar-refractivity contribution is 6.31. The molecule has 0 unspecified atom stereocenters. The van der Waals surface area contributed by atoms with Gasteiger partial charge in [-0.05, 0) is 23.8 Å². The fourth-order valence-corrected chi connectivity index (χ4v) is 2.39. The van der Waals surface area contributed by atoms with E-state index in [9.17, 15) is 4.79 Å². The lowest BCUT2D eigenvalue weighted by molar-refractivity contribution is -0.120. The molecule has 0 atom stereocenters. The fraction of sp³-hybridized carbons (Fsp3) is 0.118. The zero-order valence-electron chi connectivity index (χ0n) is 11.3. The number of benzene rings is 2. The van der Waals surface area contributed by atoms with Crippen molar-refractivity contribution in [3.8, 4) is 0 Å². The Morgan fingerprint density at radius 1 is 1.14 bits per heavy atom. The number of fused-ring (bicyclic) bond motifs is 1. The minimum absolute atomic E-state index is 0.0403. The Morgan fingerprint density at radius 3 is 2.76 bits per heavy atom. The number of hydrogen-bond donors (Lipinski definition) is 1. The highest BCUT2D eigenvalue weighted by Gasteiger charge is 2.10. The van der Waals surface area contributed by atoms with Gasteiger partial charge in [0.2, 0.25) is 5.91 Å². The van der Waals surface area contributed by atoms with Gasteiger partial charge in [0.1, 0.15) is 5.58 Å². The lowest BCUT2D eigenvalue weighted by Crippen LogP contribution is -2.24. The molecule has 1 heterocycles. The second-order valence-corrected chi connectivity index (χ2v) is 5.28. The van der Waals surface area contributed by atoms with E-state index in [0.717, 1.165) is 22.1 Å². The van der Waals surface area contributed by atoms with Crippen LogP contribution in [0.2, 0.25) is 5.02 Å². The summed E-state index contributed by atoms with van der Waals surface area (Å²) in [7, 11) is 0. The smallest absolute Gasteiger partial charge is 0.224 e. The molecule has 0 spiro atoms. The molecule has 0 aliphatic heterocycles. The summed E-state index contributed by atoms with van der Waals surface area (Å²) in [6, 6.07) is 15.2. The summed E-state index contributed by atoms with van der Waals surface area (Å²) in [5, 5.41) is 4.42. The molecule has 4 heteroatoms. The van der Waals surface area contributed by atoms with Crippen LogP contribution in [0, 0.1) is 0 Å². The van der Waals surface area contributed by atoms with Crippen LogP contribution in [0.1, 0.15) is 11.1 Å². The maximum Gasteiger partial charge on any atom is 0.224 e. The van der Waals surface area contributed by atoms with Crippen LogP contribution >= 0.6 is 11.6 Å². The molecule has 0 aliphatic carbocycles. The Hall–Kier alpha value is -2.26. The summed E-state index contributed by atoms with van der Waals surface area (Å²) in [6.07, 6.45) is 1.89. The molecule has 0 bridgehead atoms. The summed E-state index contributed by atoms with van der Waals surface area (Å²) in [4.78, 5) is 12.0. The van der Waals surface area contributed by atoms with Gasteiger partial charge in [0.05, 0.1) is 12.7 Å². The summed E-state index contributed by atoms with van der Waals surface area (Å²) >= 11 is 5.98. The third-order valence-corrected chi connectivity index (χ3v) is 3.53. The van der Waals surface area contributed by atoms with E-state index >= 15 is 0 Å². The van der Waals surface area contributed by atoms with Crippen molar-refractivity contribution >= 4 is 28.5 Å². The molecule has 3 nitrogen and oxygen atoms in total. The highest BCUT2D eigenvalue weighted by Crippen LogP contribution is 2.24. The summed E-state index contributed by atoms with van der Waals surface area (Å²) in [5.41, 5.74) is 2.66. The van der Waals surface area contributed by atoms with Gasteiger partial charge >= 0.3 is 0 Å². The summed E-state index contributed by atoms with van der Waals surface area (Å²) in [5.74, 6) is -0.0403. The van der Waals surface area contributed by atoms with E-state index in [1.165, 1.54) is 0 Å². The van der Waals surface area contributed by atoms with Crippen molar-refractivity contribution in [3.63, 3.8) is 0 Å². The SMILES string of the molecule is O=C(Cc1coc2ccc(Cl)cc12)NCc1ccccc1. The Bertz CT molecular complexity index is 765. The van der Waals surface area contributed by atoms with Crippen LogP contribution < -0.4 is 5.32 Å². The second-order valence-electron chi connectivity index (χ2n) is 4.84. The zero-order chi connectivity index (χ0) is 14.7. The minimum atomic E-state index is -0.0403. The Balaban J connectivity index is 1.67. The number of halogens is 1. The van der Waals surface area contributed by atoms with Gasteiger partial charge in [-0.15, -0.1) is 0 Å². The number of nitrogens with one attached hydrogen (secondary N) is 1. The first-order valence-electron chi connectivity index (χ1n) is 6.68. The molecule has 3 aromatic rings. The molecule has 1 amide bonds. The predicted molar refractivity (Wildman–Crippen MR) is 83.2 cm³/mol. The monoisotopic (exact) mass is 299 g/mol. The predicted octanol–water partition coefficient (Wildman–Crippen LogP) is 3.95. The molecule has 0 saturated carbocycles. The molecule has 3 rings (SSSR count). The molecule has 0 aliphatic rings. The van der Waals surface area contributed by atoms with E-state index in [1.54, 1.807) is 12.3 Å². The second kappa shape index (κ2) is 6.02. The minimum Gasteiger partial charge on any atom is -0.464 e. The van der Waals surface area contributed by atoms with Gasteiger partial charge < -0.3 is 9.73 Å². The number of rotatable bonds is 4. The maximum absolute atomic E-state index is 12.0. The van der Waals surface area contributed by atoms with E-state index in [2.05, 4.69) is 5.32 Å². The van der Waals surface area contributed by atoms with Gasteiger partial charge in [-0.2, -0.15) is 0 Å². The molecule has 0 saturated heterocycles. The first kappa shape index (κ1) is 13.7. The van der Waals surface area contributed by atoms with E-state index in [0.29, 0.717) is 11.6 Å². The van der Waals surface area contributed by atoms with E-state index in [-0.39, 0.29) is 12.3 Å². The molecule has 0 radical (unpaired) electrons. The first-order valence-corrected chi connectivity index (χ1v) is 7.06. The number of furan rings is 1. The molecule has 0 fully saturated rings. The van der Waals surface area contributed by atoms with Crippen LogP contribution in [0.5, 0.6) is 0 Å². The standard InChI is InChI=1S/C17H14ClNO2/c18-14-6-7-16-15(9-14)13(11-21-16)8-17(20)19-10-12-4-2-1-3-5-12/h1-7,9,11H,8,10H2,(H,19,20). The van der Waals surface area contributed by atoms with Crippen molar-refractivity contribution in [2.24, 2.45) is 0 Å². The molecular formula is C17H14ClNO2. The first-order chi connectivity index (χ1) is 10.2. The molecule has 21 heavy (non-hydrogen) atoms. The van der Waals surface area contributed by atoms with Crippen LogP contribution in [-0.2, 0) is 17.8 Å². The molecule has 106 valence electrons. The van der Waals surface area contributed by atoms with Crippen molar-refractivity contribution in [1.82, 2.24) is 5.32 Å². The Morgan fingerprint density at radius 2 is 1.95 bits per heavy atom. The summed E-state index contributed by atoms with van der Waals surface area (Å²) < 4.78 is 5.43. The topological polar surface area (TPSA) is 42.2 Å². The van der Waals surface area contributed by atoms with Gasteiger partial charge in [-0.25, -0.2) is 0 Å². The van der Waals surface area contributed by atoms with Crippen molar-refractivity contribution in [3.05, 3.63) is 70.9 Å². The number of carbonyl (C=O) groups excluding carboxylic acids is 1. The third kappa shape index (κ3) is 3.26. The van der Waals surface area contributed by atoms with Gasteiger partial charge in [0.25, 0.3) is 0 Å². The van der Waals surface area contributed by atoms with Gasteiger partial charge in [0, 0.05) is 22.5 Å². The lowest BCUT2D eigenvalue weighted by Gasteiger charge is -2.04. The van der Waals surface area contributed by atoms with E-state index in [4.69, 9.17) is 16.0 Å². The normalized spacial score (nSPS) is 10.7. The van der Waals surface area contributed by atoms with E-state index in [1.807, 2.05) is 42.5 Å². The van der Waals surface area contributed by atoms with Crippen LogP contribution in [-0.4, -0.2) is 5.91 Å². The largest absolute Gasteiger partial charge is 0.464 e. The van der Waals surface area contributed by atoms with Crippen LogP contribution in [0.25, 0.3) is 11.0 Å². The van der Waals surface area contributed by atoms with Crippen molar-refractivity contribution in [2.45, 2.75) is 13.0 Å². The lowest BCUT2D eigenvalue weighted by atomic mass is 10.1. The molecule has 2 aromatic carbocycles. The van der Waals surface area contributed by atoms with Crippen LogP contribution in [0.4, 0.5) is 0 Å². The van der Waals surface area contributed by atoms with Gasteiger partial charge in [0.15, 0.2) is 0 Å². The van der Waals surface area contributed by atoms with Crippen molar-refractivity contribution in [2.75, 3.05) is 0 Å². The van der Waals surface area contributed by atoms with Crippen molar-refractivity contribution in [1.29, 1.82) is 0 Å². The quantitative estimate of drug-likeness (QED) is 0.792. The van der Waals surface area contributed by atoms with Gasteiger partial charge in [-0.3, -0.25) is 4.79 Å². The third-order valence-electron chi connectivity index (χ3n) is 3.30.